The molecule has 0 aromatic heterocycles. The molecule has 0 saturated carbocycles. The number of carbonyl (C=O) groups is 1. The van der Waals surface area contributed by atoms with Crippen LogP contribution >= 0.6 is 0 Å². The van der Waals surface area contributed by atoms with Gasteiger partial charge in [0.1, 0.15) is 17.3 Å². The van der Waals surface area contributed by atoms with Crippen molar-refractivity contribution in [3.05, 3.63) is 0 Å². The molecule has 0 N–H and O–H groups in total. The van der Waals surface area contributed by atoms with E-state index in [4.69, 9.17) is 9.90 Å². The first-order valence-electron chi connectivity index (χ1n) is 3.90. The van der Waals surface area contributed by atoms with Crippen molar-refractivity contribution in [2.24, 2.45) is 0 Å². The van der Waals surface area contributed by atoms with E-state index in [0.717, 1.165) is 17.8 Å². The predicted molar refractivity (Wildman–Crippen MR) is 49.7 cm³/mol. The van der Waals surface area contributed by atoms with Crippen LogP contribution in [0, 0.1) is 0 Å². The van der Waals surface area contributed by atoms with Crippen LogP contribution in [0.5, 0.6) is 0 Å². The Balaban J connectivity index is 0. The Labute approximate surface area is 72.3 Å². The Kier molecular flexibility index (Phi) is 12.0. The minimum absolute atomic E-state index is 0.755. The van der Waals surface area contributed by atoms with Crippen molar-refractivity contribution in [1.29, 1.82) is 0 Å². The molecule has 0 aliphatic carbocycles. The molecule has 68 valence electrons. The highest BCUT2D eigenvalue weighted by atomic mass is 32.2. The van der Waals surface area contributed by atoms with Crippen LogP contribution in [0.3, 0.4) is 0 Å². The number of rotatable bonds is 3. The largest absolute Gasteiger partial charge is 0.550 e. The maximum absolute atomic E-state index is 8.89. The fourth-order valence-corrected chi connectivity index (χ4v) is 1.84. The average molecular weight is 178 g/mol. The molecule has 3 heteroatoms. The van der Waals surface area contributed by atoms with E-state index in [0.29, 0.717) is 0 Å². The van der Waals surface area contributed by atoms with E-state index in [2.05, 4.69) is 20.8 Å². The highest BCUT2D eigenvalue weighted by Crippen LogP contribution is 1.92. The topological polar surface area (TPSA) is 40.1 Å². The highest BCUT2D eigenvalue weighted by molar-refractivity contribution is 7.96. The Hall–Kier alpha value is -0.180. The minimum atomic E-state index is -1.08. The highest BCUT2D eigenvalue weighted by Gasteiger charge is 2.05. The maximum atomic E-state index is 8.89. The van der Waals surface area contributed by atoms with Crippen LogP contribution in [0.2, 0.25) is 0 Å². The second-order valence-electron chi connectivity index (χ2n) is 1.97. The summed E-state index contributed by atoms with van der Waals surface area (Å²) >= 11 is 0. The summed E-state index contributed by atoms with van der Waals surface area (Å²) in [6, 6.07) is 0. The van der Waals surface area contributed by atoms with Crippen molar-refractivity contribution in [3.8, 4) is 0 Å². The molecule has 11 heavy (non-hydrogen) atoms. The summed E-state index contributed by atoms with van der Waals surface area (Å²) in [5, 5.41) is 8.89. The van der Waals surface area contributed by atoms with Gasteiger partial charge in [0.2, 0.25) is 0 Å². The summed E-state index contributed by atoms with van der Waals surface area (Å²) in [6.07, 6.45) is 0. The minimum Gasteiger partial charge on any atom is -0.550 e. The molecule has 0 heterocycles. The smallest absolute Gasteiger partial charge is 0.105 e. The Morgan fingerprint density at radius 1 is 1.18 bits per heavy atom. The van der Waals surface area contributed by atoms with Gasteiger partial charge in [0.15, 0.2) is 0 Å². The Morgan fingerprint density at radius 3 is 1.36 bits per heavy atom. The third kappa shape index (κ3) is 17.7. The lowest BCUT2D eigenvalue weighted by Gasteiger charge is -1.96. The van der Waals surface area contributed by atoms with Crippen LogP contribution in [-0.4, -0.2) is 23.2 Å². The third-order valence-corrected chi connectivity index (χ3v) is 3.67. The molecule has 0 aromatic rings. The number of hydrogen-bond donors (Lipinski definition) is 0. The van der Waals surface area contributed by atoms with Gasteiger partial charge in [-0.3, -0.25) is 0 Å². The van der Waals surface area contributed by atoms with Gasteiger partial charge in [-0.15, -0.1) is 0 Å². The second-order valence-corrected chi connectivity index (χ2v) is 4.93. The fraction of sp³-hybridized carbons (Fsp3) is 0.875. The third-order valence-electron chi connectivity index (χ3n) is 1.22. The first-order valence-corrected chi connectivity index (χ1v) is 5.63. The molecule has 0 radical (unpaired) electrons. The summed E-state index contributed by atoms with van der Waals surface area (Å²) in [5.41, 5.74) is 0. The van der Waals surface area contributed by atoms with Crippen molar-refractivity contribution >= 4 is 16.9 Å². The molecular formula is C8H18O2S. The first kappa shape index (κ1) is 13.4. The number of aliphatic carboxylic acids is 1. The molecule has 0 rings (SSSR count). The maximum Gasteiger partial charge on any atom is 0.105 e. The van der Waals surface area contributed by atoms with Gasteiger partial charge in [-0.25, -0.2) is 0 Å². The standard InChI is InChI=1S/C6H15S.C2H4O2/c1-4-7(5-2)6-3;1-2(3)4/h4-6H2,1-3H3;1H3,(H,3,4)/q+1;/p-1. The van der Waals surface area contributed by atoms with Gasteiger partial charge in [-0.2, -0.15) is 0 Å². The van der Waals surface area contributed by atoms with Crippen molar-refractivity contribution in [3.63, 3.8) is 0 Å². The van der Waals surface area contributed by atoms with Gasteiger partial charge < -0.3 is 9.90 Å². The first-order chi connectivity index (χ1) is 5.08. The number of carboxylic acid groups (broad SMARTS) is 1. The molecular weight excluding hydrogens is 160 g/mol. The van der Waals surface area contributed by atoms with Crippen molar-refractivity contribution in [2.45, 2.75) is 27.7 Å². The zero-order valence-electron chi connectivity index (χ0n) is 7.85. The van der Waals surface area contributed by atoms with Crippen LogP contribution in [0.15, 0.2) is 0 Å². The molecule has 0 atom stereocenters. The predicted octanol–water partition coefficient (Wildman–Crippen LogP) is 0.421. The molecule has 0 spiro atoms. The summed E-state index contributed by atoms with van der Waals surface area (Å²) in [5.74, 6) is 3.06. The number of carbonyl (C=O) groups excluding carboxylic acids is 1. The summed E-state index contributed by atoms with van der Waals surface area (Å²) in [6.45, 7) is 7.79. The molecule has 0 amide bonds. The van der Waals surface area contributed by atoms with Crippen LogP contribution in [0.25, 0.3) is 0 Å². The van der Waals surface area contributed by atoms with E-state index in [1.807, 2.05) is 0 Å². The molecule has 0 unspecified atom stereocenters. The lowest BCUT2D eigenvalue weighted by Crippen LogP contribution is -2.16. The molecule has 2 nitrogen and oxygen atoms in total. The Bertz CT molecular complexity index is 80.6. The molecule has 0 fully saturated rings. The fourth-order valence-electron chi connectivity index (χ4n) is 0.612. The van der Waals surface area contributed by atoms with Crippen molar-refractivity contribution in [2.75, 3.05) is 17.3 Å². The van der Waals surface area contributed by atoms with E-state index in [-0.39, 0.29) is 0 Å². The van der Waals surface area contributed by atoms with Crippen molar-refractivity contribution in [1.82, 2.24) is 0 Å². The monoisotopic (exact) mass is 178 g/mol. The van der Waals surface area contributed by atoms with Crippen molar-refractivity contribution < 1.29 is 9.90 Å². The second kappa shape index (κ2) is 9.82. The molecule has 0 bridgehead atoms. The normalized spacial score (nSPS) is 8.82. The van der Waals surface area contributed by atoms with E-state index >= 15 is 0 Å². The molecule has 0 aliphatic rings. The van der Waals surface area contributed by atoms with Crippen LogP contribution in [0.1, 0.15) is 27.7 Å². The average Bonchev–Trinajstić information content (AvgIpc) is 1.90. The Morgan fingerprint density at radius 2 is 1.36 bits per heavy atom. The van der Waals surface area contributed by atoms with Gasteiger partial charge in [0.05, 0.1) is 0 Å². The van der Waals surface area contributed by atoms with Crippen LogP contribution < -0.4 is 5.11 Å². The molecule has 0 saturated heterocycles. The van der Waals surface area contributed by atoms with Crippen LogP contribution in [0.4, 0.5) is 0 Å². The summed E-state index contributed by atoms with van der Waals surface area (Å²) < 4.78 is 0. The van der Waals surface area contributed by atoms with Crippen LogP contribution in [-0.2, 0) is 15.7 Å². The lowest BCUT2D eigenvalue weighted by molar-refractivity contribution is -0.302. The molecule has 0 aromatic carbocycles. The summed E-state index contributed by atoms with van der Waals surface area (Å²) in [4.78, 5) is 8.89. The SMILES string of the molecule is CC(=O)[O-].CC[S+](CC)CC. The zero-order valence-corrected chi connectivity index (χ0v) is 8.66. The van der Waals surface area contributed by atoms with E-state index < -0.39 is 5.97 Å². The lowest BCUT2D eigenvalue weighted by atomic mass is 10.9. The van der Waals surface area contributed by atoms with Gasteiger partial charge >= 0.3 is 0 Å². The van der Waals surface area contributed by atoms with Gasteiger partial charge in [0.25, 0.3) is 0 Å². The number of hydrogen-bond acceptors (Lipinski definition) is 2. The van der Waals surface area contributed by atoms with E-state index in [9.17, 15) is 0 Å². The van der Waals surface area contributed by atoms with Gasteiger partial charge in [-0.05, 0) is 38.6 Å². The quantitative estimate of drug-likeness (QED) is 0.588. The number of carboxylic acids is 1. The summed E-state index contributed by atoms with van der Waals surface area (Å²) in [7, 11) is 0.755. The molecule has 0 aliphatic heterocycles. The van der Waals surface area contributed by atoms with E-state index in [1.165, 1.54) is 17.3 Å². The van der Waals surface area contributed by atoms with Gasteiger partial charge in [0, 0.05) is 5.97 Å². The zero-order chi connectivity index (χ0) is 9.28. The van der Waals surface area contributed by atoms with Gasteiger partial charge in [-0.1, -0.05) is 0 Å². The van der Waals surface area contributed by atoms with E-state index in [1.54, 1.807) is 0 Å².